The molecule has 0 bridgehead atoms. The first-order chi connectivity index (χ1) is 16.9. The largest absolute Gasteiger partial charge is 0.508 e. The molecule has 0 unspecified atom stereocenters. The van der Waals surface area contributed by atoms with Gasteiger partial charge in [-0.15, -0.1) is 0 Å². The molecule has 0 amide bonds. The fourth-order valence-corrected chi connectivity index (χ4v) is 4.92. The van der Waals surface area contributed by atoms with Crippen molar-refractivity contribution in [1.29, 1.82) is 0 Å². The molecule has 0 fully saturated rings. The van der Waals surface area contributed by atoms with Gasteiger partial charge >= 0.3 is 0 Å². The maximum absolute atomic E-state index is 12.7. The molecular formula is C28H31NO6. The summed E-state index contributed by atoms with van der Waals surface area (Å²) in [5.74, 6) is 2.18. The number of aromatic hydroxyl groups is 1. The molecule has 184 valence electrons. The Morgan fingerprint density at radius 1 is 0.914 bits per heavy atom. The standard InChI is InChI=1S/C28H31NO6/c1-29(16-18-8-6-7-9-22(18)30)21-12-10-17-14-25(33-3)27(34-4)28(35-5)26(17)19-11-13-23(31)24(32-2)15-20(19)21/h6-9,11,13-15,21,30H,10,12,16H2,1-5H3/t21-/m0/s1. The molecule has 3 aromatic carbocycles. The summed E-state index contributed by atoms with van der Waals surface area (Å²) in [7, 11) is 8.31. The topological polar surface area (TPSA) is 77.5 Å². The first kappa shape index (κ1) is 24.4. The Kier molecular flexibility index (Phi) is 7.17. The summed E-state index contributed by atoms with van der Waals surface area (Å²) in [6, 6.07) is 14.4. The van der Waals surface area contributed by atoms with Crippen LogP contribution in [0, 0.1) is 0 Å². The number of ether oxygens (including phenoxy) is 4. The lowest BCUT2D eigenvalue weighted by atomic mass is 9.95. The lowest BCUT2D eigenvalue weighted by Crippen LogP contribution is -2.24. The minimum atomic E-state index is -0.205. The third kappa shape index (κ3) is 4.51. The lowest BCUT2D eigenvalue weighted by molar-refractivity contribution is 0.223. The summed E-state index contributed by atoms with van der Waals surface area (Å²) in [4.78, 5) is 14.9. The zero-order chi connectivity index (χ0) is 25.1. The predicted octanol–water partition coefficient (Wildman–Crippen LogP) is 4.57. The number of para-hydroxylation sites is 1. The third-order valence-electron chi connectivity index (χ3n) is 6.63. The van der Waals surface area contributed by atoms with Crippen LogP contribution in [0.15, 0.2) is 53.3 Å². The highest BCUT2D eigenvalue weighted by molar-refractivity contribution is 5.82. The number of fused-ring (bicyclic) bond motifs is 3. The normalized spacial score (nSPS) is 14.5. The molecule has 4 rings (SSSR count). The summed E-state index contributed by atoms with van der Waals surface area (Å²) in [6.45, 7) is 0.530. The number of aryl methyl sites for hydroxylation is 1. The van der Waals surface area contributed by atoms with Gasteiger partial charge in [-0.05, 0) is 66.9 Å². The molecule has 7 heteroatoms. The van der Waals surface area contributed by atoms with E-state index in [0.717, 1.165) is 40.7 Å². The summed E-state index contributed by atoms with van der Waals surface area (Å²) in [5.41, 5.74) is 4.34. The maximum atomic E-state index is 12.7. The van der Waals surface area contributed by atoms with Gasteiger partial charge in [0.2, 0.25) is 11.2 Å². The second kappa shape index (κ2) is 10.3. The first-order valence-electron chi connectivity index (χ1n) is 11.4. The quantitative estimate of drug-likeness (QED) is 0.534. The Balaban J connectivity index is 1.96. The monoisotopic (exact) mass is 477 g/mol. The van der Waals surface area contributed by atoms with E-state index < -0.39 is 0 Å². The number of phenols is 1. The van der Waals surface area contributed by atoms with E-state index in [1.807, 2.05) is 43.4 Å². The molecule has 3 aromatic rings. The van der Waals surface area contributed by atoms with Gasteiger partial charge in [0.15, 0.2) is 17.2 Å². The molecule has 35 heavy (non-hydrogen) atoms. The average molecular weight is 478 g/mol. The van der Waals surface area contributed by atoms with Crippen molar-refractivity contribution in [3.8, 4) is 39.9 Å². The highest BCUT2D eigenvalue weighted by atomic mass is 16.5. The van der Waals surface area contributed by atoms with Gasteiger partial charge in [0.25, 0.3) is 0 Å². The zero-order valence-corrected chi connectivity index (χ0v) is 20.8. The molecule has 7 nitrogen and oxygen atoms in total. The second-order valence-electron chi connectivity index (χ2n) is 8.56. The van der Waals surface area contributed by atoms with Crippen molar-refractivity contribution >= 4 is 0 Å². The number of hydrogen-bond donors (Lipinski definition) is 1. The Hall–Kier alpha value is -3.71. The summed E-state index contributed by atoms with van der Waals surface area (Å²) >= 11 is 0. The number of benzene rings is 2. The van der Waals surface area contributed by atoms with Crippen LogP contribution in [0.4, 0.5) is 0 Å². The molecule has 0 aliphatic heterocycles. The van der Waals surface area contributed by atoms with E-state index in [0.29, 0.717) is 23.8 Å². The van der Waals surface area contributed by atoms with Crippen LogP contribution in [0.1, 0.15) is 29.2 Å². The van der Waals surface area contributed by atoms with E-state index in [1.165, 1.54) is 13.2 Å². The van der Waals surface area contributed by atoms with Crippen molar-refractivity contribution in [2.45, 2.75) is 25.4 Å². The van der Waals surface area contributed by atoms with Gasteiger partial charge in [0, 0.05) is 23.7 Å². The van der Waals surface area contributed by atoms with Crippen LogP contribution >= 0.6 is 0 Å². The van der Waals surface area contributed by atoms with E-state index in [9.17, 15) is 9.90 Å². The minimum Gasteiger partial charge on any atom is -0.508 e. The van der Waals surface area contributed by atoms with Crippen molar-refractivity contribution in [3.05, 3.63) is 75.4 Å². The van der Waals surface area contributed by atoms with Gasteiger partial charge in [0.05, 0.1) is 28.4 Å². The molecule has 1 aliphatic rings. The van der Waals surface area contributed by atoms with Crippen LogP contribution in [0.5, 0.6) is 28.7 Å². The number of phenolic OH excluding ortho intramolecular Hbond substituents is 1. The van der Waals surface area contributed by atoms with E-state index in [4.69, 9.17) is 18.9 Å². The molecule has 0 spiro atoms. The fraction of sp³-hybridized carbons (Fsp3) is 0.321. The van der Waals surface area contributed by atoms with Crippen molar-refractivity contribution in [1.82, 2.24) is 4.90 Å². The Morgan fingerprint density at radius 3 is 2.29 bits per heavy atom. The highest BCUT2D eigenvalue weighted by Gasteiger charge is 2.31. The molecule has 1 atom stereocenters. The van der Waals surface area contributed by atoms with Crippen LogP contribution in [0.3, 0.4) is 0 Å². The average Bonchev–Trinajstić information content (AvgIpc) is 3.12. The maximum Gasteiger partial charge on any atom is 0.220 e. The van der Waals surface area contributed by atoms with E-state index in [1.54, 1.807) is 27.4 Å². The summed E-state index contributed by atoms with van der Waals surface area (Å²) in [6.07, 6.45) is 1.51. The van der Waals surface area contributed by atoms with Crippen molar-refractivity contribution in [2.75, 3.05) is 35.5 Å². The van der Waals surface area contributed by atoms with E-state index in [2.05, 4.69) is 4.90 Å². The molecule has 1 N–H and O–H groups in total. The first-order valence-corrected chi connectivity index (χ1v) is 11.4. The van der Waals surface area contributed by atoms with Gasteiger partial charge in [-0.1, -0.05) is 18.2 Å². The zero-order valence-electron chi connectivity index (χ0n) is 20.8. The minimum absolute atomic E-state index is 0.0700. The van der Waals surface area contributed by atoms with Gasteiger partial charge in [-0.25, -0.2) is 0 Å². The summed E-state index contributed by atoms with van der Waals surface area (Å²) in [5, 5.41) is 10.4. The Labute approximate surface area is 205 Å². The number of nitrogens with zero attached hydrogens (tertiary/aromatic N) is 1. The van der Waals surface area contributed by atoms with Crippen LogP contribution in [0.2, 0.25) is 0 Å². The molecule has 0 saturated heterocycles. The van der Waals surface area contributed by atoms with Crippen LogP contribution in [0.25, 0.3) is 11.1 Å². The van der Waals surface area contributed by atoms with Crippen LogP contribution in [-0.2, 0) is 13.0 Å². The van der Waals surface area contributed by atoms with Gasteiger partial charge < -0.3 is 24.1 Å². The number of methoxy groups -OCH3 is 4. The summed E-state index contributed by atoms with van der Waals surface area (Å²) < 4.78 is 22.6. The fourth-order valence-electron chi connectivity index (χ4n) is 4.92. The smallest absolute Gasteiger partial charge is 0.220 e. The number of rotatable bonds is 7. The number of hydrogen-bond acceptors (Lipinski definition) is 7. The van der Waals surface area contributed by atoms with Crippen molar-refractivity contribution in [2.24, 2.45) is 0 Å². The predicted molar refractivity (Wildman–Crippen MR) is 135 cm³/mol. The van der Waals surface area contributed by atoms with Gasteiger partial charge in [-0.2, -0.15) is 0 Å². The van der Waals surface area contributed by atoms with Crippen LogP contribution in [-0.4, -0.2) is 45.5 Å². The lowest BCUT2D eigenvalue weighted by Gasteiger charge is -2.28. The molecule has 0 aromatic heterocycles. The van der Waals surface area contributed by atoms with Crippen LogP contribution < -0.4 is 24.4 Å². The van der Waals surface area contributed by atoms with Crippen molar-refractivity contribution in [3.63, 3.8) is 0 Å². The molecular weight excluding hydrogens is 446 g/mol. The second-order valence-corrected chi connectivity index (χ2v) is 8.56. The SMILES string of the molecule is COc1cc2c(c(OC)c1OC)-c1ccc(=O)c(OC)cc1[C@@H](N(C)Cc1ccccc1O)CC2. The third-order valence-corrected chi connectivity index (χ3v) is 6.63. The van der Waals surface area contributed by atoms with E-state index in [-0.39, 0.29) is 23.0 Å². The molecule has 0 heterocycles. The van der Waals surface area contributed by atoms with Crippen molar-refractivity contribution < 1.29 is 24.1 Å². The van der Waals surface area contributed by atoms with Gasteiger partial charge in [-0.3, -0.25) is 9.69 Å². The highest BCUT2D eigenvalue weighted by Crippen LogP contribution is 2.51. The Bertz CT molecular complexity index is 1290. The van der Waals surface area contributed by atoms with E-state index >= 15 is 0 Å². The Morgan fingerprint density at radius 2 is 1.63 bits per heavy atom. The van der Waals surface area contributed by atoms with Gasteiger partial charge in [0.1, 0.15) is 5.75 Å². The molecule has 0 saturated carbocycles. The molecule has 0 radical (unpaired) electrons. The molecule has 1 aliphatic carbocycles.